The van der Waals surface area contributed by atoms with Crippen molar-refractivity contribution in [2.24, 2.45) is 0 Å². The Morgan fingerprint density at radius 2 is 2.00 bits per heavy atom. The molecule has 0 N–H and O–H groups in total. The number of benzene rings is 1. The molecular formula is C11H13ClO3. The summed E-state index contributed by atoms with van der Waals surface area (Å²) in [4.78, 5) is 11.1. The van der Waals surface area contributed by atoms with Crippen molar-refractivity contribution in [3.8, 4) is 5.75 Å². The van der Waals surface area contributed by atoms with Crippen LogP contribution in [0.2, 0.25) is 0 Å². The SMILES string of the molecule is COc1ccc(COC(=O)C(C)Cl)cc1. The van der Waals surface area contributed by atoms with Gasteiger partial charge in [0.05, 0.1) is 7.11 Å². The maximum absolute atomic E-state index is 11.1. The number of carbonyl (C=O) groups is 1. The number of hydrogen-bond acceptors (Lipinski definition) is 3. The minimum atomic E-state index is -0.608. The highest BCUT2D eigenvalue weighted by Gasteiger charge is 2.10. The van der Waals surface area contributed by atoms with E-state index >= 15 is 0 Å². The summed E-state index contributed by atoms with van der Waals surface area (Å²) in [6.07, 6.45) is 0. The summed E-state index contributed by atoms with van der Waals surface area (Å²) in [6.45, 7) is 1.82. The zero-order valence-corrected chi connectivity index (χ0v) is 9.45. The lowest BCUT2D eigenvalue weighted by Crippen LogP contribution is -2.14. The van der Waals surface area contributed by atoms with E-state index < -0.39 is 11.3 Å². The second-order valence-corrected chi connectivity index (χ2v) is 3.73. The Labute approximate surface area is 93.9 Å². The number of rotatable bonds is 4. The third-order valence-corrected chi connectivity index (χ3v) is 2.04. The fourth-order valence-electron chi connectivity index (χ4n) is 0.991. The Morgan fingerprint density at radius 1 is 1.40 bits per heavy atom. The molecule has 0 aliphatic heterocycles. The highest BCUT2D eigenvalue weighted by molar-refractivity contribution is 6.29. The molecule has 0 saturated heterocycles. The van der Waals surface area contributed by atoms with Gasteiger partial charge in [-0.15, -0.1) is 11.6 Å². The van der Waals surface area contributed by atoms with Gasteiger partial charge in [-0.1, -0.05) is 12.1 Å². The lowest BCUT2D eigenvalue weighted by molar-refractivity contribution is -0.144. The van der Waals surface area contributed by atoms with Crippen LogP contribution in [0.4, 0.5) is 0 Å². The van der Waals surface area contributed by atoms with Crippen LogP contribution in [0.1, 0.15) is 12.5 Å². The van der Waals surface area contributed by atoms with Crippen molar-refractivity contribution in [3.05, 3.63) is 29.8 Å². The van der Waals surface area contributed by atoms with Gasteiger partial charge in [0, 0.05) is 0 Å². The quantitative estimate of drug-likeness (QED) is 0.586. The van der Waals surface area contributed by atoms with E-state index in [4.69, 9.17) is 21.1 Å². The molecule has 3 nitrogen and oxygen atoms in total. The maximum atomic E-state index is 11.1. The van der Waals surface area contributed by atoms with E-state index in [0.717, 1.165) is 11.3 Å². The Balaban J connectivity index is 2.47. The molecule has 0 amide bonds. The zero-order valence-electron chi connectivity index (χ0n) is 8.70. The van der Waals surface area contributed by atoms with Crippen molar-refractivity contribution in [1.82, 2.24) is 0 Å². The molecule has 0 aromatic heterocycles. The summed E-state index contributed by atoms with van der Waals surface area (Å²) >= 11 is 5.55. The molecule has 0 aliphatic carbocycles. The highest BCUT2D eigenvalue weighted by atomic mass is 35.5. The summed E-state index contributed by atoms with van der Waals surface area (Å²) in [5.74, 6) is 0.364. The maximum Gasteiger partial charge on any atom is 0.324 e. The van der Waals surface area contributed by atoms with Crippen LogP contribution in [0, 0.1) is 0 Å². The van der Waals surface area contributed by atoms with E-state index in [0.29, 0.717) is 0 Å². The van der Waals surface area contributed by atoms with Gasteiger partial charge in [-0.3, -0.25) is 4.79 Å². The lowest BCUT2D eigenvalue weighted by atomic mass is 10.2. The molecule has 0 heterocycles. The molecule has 1 atom stereocenters. The van der Waals surface area contributed by atoms with E-state index in [9.17, 15) is 4.79 Å². The van der Waals surface area contributed by atoms with Crippen LogP contribution >= 0.6 is 11.6 Å². The third kappa shape index (κ3) is 3.80. The molecule has 0 saturated carbocycles. The van der Waals surface area contributed by atoms with Gasteiger partial charge in [0.1, 0.15) is 17.7 Å². The van der Waals surface area contributed by atoms with Crippen molar-refractivity contribution < 1.29 is 14.3 Å². The highest BCUT2D eigenvalue weighted by Crippen LogP contribution is 2.12. The molecule has 0 radical (unpaired) electrons. The topological polar surface area (TPSA) is 35.5 Å². The monoisotopic (exact) mass is 228 g/mol. The molecule has 1 rings (SSSR count). The van der Waals surface area contributed by atoms with Gasteiger partial charge in [-0.2, -0.15) is 0 Å². The fourth-order valence-corrected chi connectivity index (χ4v) is 1.05. The van der Waals surface area contributed by atoms with Gasteiger partial charge in [-0.05, 0) is 24.6 Å². The summed E-state index contributed by atoms with van der Waals surface area (Å²) in [7, 11) is 1.60. The van der Waals surface area contributed by atoms with E-state index in [-0.39, 0.29) is 6.61 Å². The first-order valence-electron chi connectivity index (χ1n) is 4.57. The van der Waals surface area contributed by atoms with E-state index in [1.807, 2.05) is 24.3 Å². The molecule has 82 valence electrons. The smallest absolute Gasteiger partial charge is 0.324 e. The largest absolute Gasteiger partial charge is 0.497 e. The molecule has 4 heteroatoms. The molecule has 15 heavy (non-hydrogen) atoms. The minimum Gasteiger partial charge on any atom is -0.497 e. The molecule has 0 bridgehead atoms. The number of alkyl halides is 1. The third-order valence-electron chi connectivity index (χ3n) is 1.86. The van der Waals surface area contributed by atoms with Gasteiger partial charge in [0.15, 0.2) is 0 Å². The molecular weight excluding hydrogens is 216 g/mol. The van der Waals surface area contributed by atoms with Crippen LogP contribution < -0.4 is 4.74 Å². The normalized spacial score (nSPS) is 11.9. The molecule has 1 aromatic carbocycles. The molecule has 0 fully saturated rings. The second-order valence-electron chi connectivity index (χ2n) is 3.07. The Kier molecular flexibility index (Phi) is 4.43. The predicted octanol–water partition coefficient (Wildman–Crippen LogP) is 2.37. The average molecular weight is 229 g/mol. The summed E-state index contributed by atoms with van der Waals surface area (Å²) in [5, 5.41) is -0.608. The van der Waals surface area contributed by atoms with Crippen molar-refractivity contribution in [2.45, 2.75) is 18.9 Å². The number of halogens is 1. The standard InChI is InChI=1S/C11H13ClO3/c1-8(12)11(13)15-7-9-3-5-10(14-2)6-4-9/h3-6,8H,7H2,1-2H3. The molecule has 0 aliphatic rings. The molecule has 0 spiro atoms. The first-order chi connectivity index (χ1) is 7.13. The van der Waals surface area contributed by atoms with Gasteiger partial charge in [0.25, 0.3) is 0 Å². The van der Waals surface area contributed by atoms with E-state index in [2.05, 4.69) is 0 Å². The predicted molar refractivity (Wildman–Crippen MR) is 58.1 cm³/mol. The van der Waals surface area contributed by atoms with Crippen LogP contribution in [-0.4, -0.2) is 18.5 Å². The Bertz CT molecular complexity index is 319. The molecule has 1 unspecified atom stereocenters. The number of hydrogen-bond donors (Lipinski definition) is 0. The number of ether oxygens (including phenoxy) is 2. The number of methoxy groups -OCH3 is 1. The first kappa shape index (κ1) is 11.9. The van der Waals surface area contributed by atoms with Gasteiger partial charge in [0.2, 0.25) is 0 Å². The van der Waals surface area contributed by atoms with E-state index in [1.165, 1.54) is 0 Å². The van der Waals surface area contributed by atoms with Gasteiger partial charge < -0.3 is 9.47 Å². The van der Waals surface area contributed by atoms with E-state index in [1.54, 1.807) is 14.0 Å². The lowest BCUT2D eigenvalue weighted by Gasteiger charge is -2.06. The van der Waals surface area contributed by atoms with Crippen molar-refractivity contribution in [3.63, 3.8) is 0 Å². The minimum absolute atomic E-state index is 0.236. The van der Waals surface area contributed by atoms with Crippen LogP contribution in [0.15, 0.2) is 24.3 Å². The zero-order chi connectivity index (χ0) is 11.3. The molecule has 1 aromatic rings. The number of esters is 1. The van der Waals surface area contributed by atoms with Crippen molar-refractivity contribution >= 4 is 17.6 Å². The number of carbonyl (C=O) groups excluding carboxylic acids is 1. The fraction of sp³-hybridized carbons (Fsp3) is 0.364. The average Bonchev–Trinajstić information content (AvgIpc) is 2.26. The van der Waals surface area contributed by atoms with Gasteiger partial charge >= 0.3 is 5.97 Å². The summed E-state index contributed by atoms with van der Waals surface area (Å²) < 4.78 is 9.96. The summed E-state index contributed by atoms with van der Waals surface area (Å²) in [5.41, 5.74) is 0.904. The van der Waals surface area contributed by atoms with Crippen LogP contribution in [0.25, 0.3) is 0 Å². The van der Waals surface area contributed by atoms with Crippen LogP contribution in [0.5, 0.6) is 5.75 Å². The van der Waals surface area contributed by atoms with Gasteiger partial charge in [-0.25, -0.2) is 0 Å². The summed E-state index contributed by atoms with van der Waals surface area (Å²) in [6, 6.07) is 7.30. The Hall–Kier alpha value is -1.22. The Morgan fingerprint density at radius 3 is 2.47 bits per heavy atom. The van der Waals surface area contributed by atoms with Crippen molar-refractivity contribution in [2.75, 3.05) is 7.11 Å². The first-order valence-corrected chi connectivity index (χ1v) is 5.00. The van der Waals surface area contributed by atoms with Crippen LogP contribution in [0.3, 0.4) is 0 Å². The van der Waals surface area contributed by atoms with Crippen molar-refractivity contribution in [1.29, 1.82) is 0 Å². The van der Waals surface area contributed by atoms with Crippen LogP contribution in [-0.2, 0) is 16.1 Å². The second kappa shape index (κ2) is 5.61.